The number of benzene rings is 2. The molecule has 0 spiro atoms. The summed E-state index contributed by atoms with van der Waals surface area (Å²) in [5.74, 6) is -4.65. The van der Waals surface area contributed by atoms with Crippen LogP contribution in [0.5, 0.6) is 5.75 Å². The molecule has 2 aromatic carbocycles. The maximum Gasteiger partial charge on any atom is 0.338 e. The Hall–Kier alpha value is -3.03. The molecule has 0 aliphatic heterocycles. The number of hydrogen-bond donors (Lipinski definition) is 1. The largest absolute Gasteiger partial charge is 0.494 e. The number of anilines is 1. The van der Waals surface area contributed by atoms with E-state index in [2.05, 4.69) is 5.32 Å². The van der Waals surface area contributed by atoms with Gasteiger partial charge in [0.1, 0.15) is 0 Å². The highest BCUT2D eigenvalue weighted by molar-refractivity contribution is 5.95. The molecule has 0 radical (unpaired) electrons. The highest BCUT2D eigenvalue weighted by Crippen LogP contribution is 2.18. The molecular formula is C16H12F3NO4. The van der Waals surface area contributed by atoms with Crippen molar-refractivity contribution in [2.45, 2.75) is 0 Å². The average Bonchev–Trinajstić information content (AvgIpc) is 2.56. The van der Waals surface area contributed by atoms with E-state index in [0.717, 1.165) is 24.3 Å². The third kappa shape index (κ3) is 4.25. The SMILES string of the molecule is COc1ccc(C(=O)OCC(=O)Nc2ccc(F)c(F)c2)cc1F. The number of amides is 1. The lowest BCUT2D eigenvalue weighted by Crippen LogP contribution is -2.21. The summed E-state index contributed by atoms with van der Waals surface area (Å²) >= 11 is 0. The summed E-state index contributed by atoms with van der Waals surface area (Å²) in [7, 11) is 1.28. The quantitative estimate of drug-likeness (QED) is 0.851. The van der Waals surface area contributed by atoms with Crippen molar-refractivity contribution in [1.29, 1.82) is 0 Å². The van der Waals surface area contributed by atoms with Crippen LogP contribution in [-0.2, 0) is 9.53 Å². The Kier molecular flexibility index (Phi) is 5.41. The minimum Gasteiger partial charge on any atom is -0.494 e. The second-order valence-corrected chi connectivity index (χ2v) is 4.60. The van der Waals surface area contributed by atoms with Gasteiger partial charge in [-0.2, -0.15) is 0 Å². The van der Waals surface area contributed by atoms with E-state index in [9.17, 15) is 22.8 Å². The summed E-state index contributed by atoms with van der Waals surface area (Å²) in [4.78, 5) is 23.3. The number of esters is 1. The van der Waals surface area contributed by atoms with Gasteiger partial charge >= 0.3 is 5.97 Å². The number of rotatable bonds is 5. The maximum atomic E-state index is 13.5. The summed E-state index contributed by atoms with van der Waals surface area (Å²) in [6.45, 7) is -0.675. The van der Waals surface area contributed by atoms with E-state index in [1.807, 2.05) is 0 Å². The Morgan fingerprint density at radius 2 is 1.75 bits per heavy atom. The first-order chi connectivity index (χ1) is 11.4. The molecule has 0 atom stereocenters. The first-order valence-corrected chi connectivity index (χ1v) is 6.66. The van der Waals surface area contributed by atoms with Gasteiger partial charge in [-0.05, 0) is 30.3 Å². The lowest BCUT2D eigenvalue weighted by Gasteiger charge is -2.08. The van der Waals surface area contributed by atoms with Crippen LogP contribution in [0.25, 0.3) is 0 Å². The van der Waals surface area contributed by atoms with Crippen molar-refractivity contribution >= 4 is 17.6 Å². The molecule has 0 aliphatic carbocycles. The molecule has 126 valence electrons. The van der Waals surface area contributed by atoms with E-state index < -0.39 is 35.9 Å². The average molecular weight is 339 g/mol. The van der Waals surface area contributed by atoms with Crippen molar-refractivity contribution in [2.75, 3.05) is 19.0 Å². The standard InChI is InChI=1S/C16H12F3NO4/c1-23-14-5-2-9(6-13(14)19)16(22)24-8-15(21)20-10-3-4-11(17)12(18)7-10/h2-7H,8H2,1H3,(H,20,21). The molecule has 0 fully saturated rings. The van der Waals surface area contributed by atoms with Crippen molar-refractivity contribution < 1.29 is 32.2 Å². The van der Waals surface area contributed by atoms with E-state index in [-0.39, 0.29) is 17.0 Å². The van der Waals surface area contributed by atoms with Crippen LogP contribution in [0.1, 0.15) is 10.4 Å². The van der Waals surface area contributed by atoms with Crippen LogP contribution in [0, 0.1) is 17.5 Å². The molecule has 0 aromatic heterocycles. The maximum absolute atomic E-state index is 13.5. The van der Waals surface area contributed by atoms with Crippen LogP contribution in [0.3, 0.4) is 0 Å². The number of ether oxygens (including phenoxy) is 2. The summed E-state index contributed by atoms with van der Waals surface area (Å²) in [5.41, 5.74) is -0.0978. The second kappa shape index (κ2) is 7.49. The molecule has 2 rings (SSSR count). The van der Waals surface area contributed by atoms with E-state index in [0.29, 0.717) is 0 Å². The third-order valence-corrected chi connectivity index (χ3v) is 2.93. The fourth-order valence-electron chi connectivity index (χ4n) is 1.78. The minimum absolute atomic E-state index is 0.00504. The molecule has 0 unspecified atom stereocenters. The van der Waals surface area contributed by atoms with Crippen LogP contribution >= 0.6 is 0 Å². The van der Waals surface area contributed by atoms with Gasteiger partial charge in [0.2, 0.25) is 0 Å². The molecule has 0 saturated heterocycles. The smallest absolute Gasteiger partial charge is 0.338 e. The molecule has 0 heterocycles. The lowest BCUT2D eigenvalue weighted by atomic mass is 10.2. The van der Waals surface area contributed by atoms with Crippen molar-refractivity contribution in [3.05, 3.63) is 59.4 Å². The van der Waals surface area contributed by atoms with Crippen molar-refractivity contribution in [1.82, 2.24) is 0 Å². The lowest BCUT2D eigenvalue weighted by molar-refractivity contribution is -0.119. The Labute approximate surface area is 135 Å². The zero-order chi connectivity index (χ0) is 17.7. The number of nitrogens with one attached hydrogen (secondary N) is 1. The van der Waals surface area contributed by atoms with E-state index in [1.54, 1.807) is 0 Å². The van der Waals surface area contributed by atoms with E-state index in [4.69, 9.17) is 9.47 Å². The van der Waals surface area contributed by atoms with Gasteiger partial charge in [0.25, 0.3) is 5.91 Å². The zero-order valence-electron chi connectivity index (χ0n) is 12.4. The first kappa shape index (κ1) is 17.3. The number of halogens is 3. The van der Waals surface area contributed by atoms with Crippen LogP contribution < -0.4 is 10.1 Å². The van der Waals surface area contributed by atoms with Gasteiger partial charge in [-0.1, -0.05) is 0 Å². The van der Waals surface area contributed by atoms with Gasteiger partial charge in [0, 0.05) is 11.8 Å². The Balaban J connectivity index is 1.92. The van der Waals surface area contributed by atoms with Gasteiger partial charge in [0.15, 0.2) is 29.8 Å². The minimum atomic E-state index is -1.13. The van der Waals surface area contributed by atoms with E-state index >= 15 is 0 Å². The molecule has 24 heavy (non-hydrogen) atoms. The fourth-order valence-corrected chi connectivity index (χ4v) is 1.78. The molecule has 8 heteroatoms. The van der Waals surface area contributed by atoms with Crippen LogP contribution in [0.2, 0.25) is 0 Å². The number of carbonyl (C=O) groups is 2. The topological polar surface area (TPSA) is 64.6 Å². The van der Waals surface area contributed by atoms with Gasteiger partial charge in [0.05, 0.1) is 12.7 Å². The van der Waals surface area contributed by atoms with Gasteiger partial charge in [-0.3, -0.25) is 4.79 Å². The number of hydrogen-bond acceptors (Lipinski definition) is 4. The third-order valence-electron chi connectivity index (χ3n) is 2.93. The molecular weight excluding hydrogens is 327 g/mol. The first-order valence-electron chi connectivity index (χ1n) is 6.66. The molecule has 0 aliphatic rings. The Bertz CT molecular complexity index is 780. The Morgan fingerprint density at radius 1 is 1.00 bits per heavy atom. The fraction of sp³-hybridized carbons (Fsp3) is 0.125. The van der Waals surface area contributed by atoms with Crippen LogP contribution in [0.4, 0.5) is 18.9 Å². The number of methoxy groups -OCH3 is 1. The van der Waals surface area contributed by atoms with Gasteiger partial charge in [-0.25, -0.2) is 18.0 Å². The van der Waals surface area contributed by atoms with Crippen molar-refractivity contribution in [3.63, 3.8) is 0 Å². The van der Waals surface area contributed by atoms with Crippen molar-refractivity contribution in [3.8, 4) is 5.75 Å². The molecule has 2 aromatic rings. The molecule has 1 amide bonds. The highest BCUT2D eigenvalue weighted by atomic mass is 19.2. The van der Waals surface area contributed by atoms with Gasteiger partial charge in [-0.15, -0.1) is 0 Å². The second-order valence-electron chi connectivity index (χ2n) is 4.60. The predicted molar refractivity (Wildman–Crippen MR) is 78.2 cm³/mol. The Morgan fingerprint density at radius 3 is 2.38 bits per heavy atom. The van der Waals surface area contributed by atoms with Gasteiger partial charge < -0.3 is 14.8 Å². The monoisotopic (exact) mass is 339 g/mol. The van der Waals surface area contributed by atoms with Crippen LogP contribution in [-0.4, -0.2) is 25.6 Å². The summed E-state index contributed by atoms with van der Waals surface area (Å²) < 4.78 is 48.7. The van der Waals surface area contributed by atoms with Crippen LogP contribution in [0.15, 0.2) is 36.4 Å². The summed E-state index contributed by atoms with van der Waals surface area (Å²) in [6, 6.07) is 6.21. The molecule has 1 N–H and O–H groups in total. The van der Waals surface area contributed by atoms with Crippen molar-refractivity contribution in [2.24, 2.45) is 0 Å². The number of carbonyl (C=O) groups excluding carboxylic acids is 2. The summed E-state index contributed by atoms with van der Waals surface area (Å²) in [6.07, 6.45) is 0. The zero-order valence-corrected chi connectivity index (χ0v) is 12.4. The molecule has 0 bridgehead atoms. The highest BCUT2D eigenvalue weighted by Gasteiger charge is 2.13. The normalized spacial score (nSPS) is 10.2. The molecule has 5 nitrogen and oxygen atoms in total. The van der Waals surface area contributed by atoms with E-state index in [1.165, 1.54) is 19.2 Å². The summed E-state index contributed by atoms with van der Waals surface area (Å²) in [5, 5.41) is 2.23. The predicted octanol–water partition coefficient (Wildman–Crippen LogP) is 2.91. The molecule has 0 saturated carbocycles.